The number of unbranched alkanes of at least 4 members (excludes halogenated alkanes) is 1. The van der Waals surface area contributed by atoms with Gasteiger partial charge in [0.15, 0.2) is 5.78 Å². The molecule has 0 bridgehead atoms. The zero-order chi connectivity index (χ0) is 16.3. The van der Waals surface area contributed by atoms with Gasteiger partial charge in [0, 0.05) is 19.6 Å². The van der Waals surface area contributed by atoms with Gasteiger partial charge in [0.05, 0.1) is 19.2 Å². The third kappa shape index (κ3) is 6.80. The molecule has 23 heavy (non-hydrogen) atoms. The Hall–Kier alpha value is -1.92. The van der Waals surface area contributed by atoms with Crippen molar-refractivity contribution in [3.63, 3.8) is 0 Å². The lowest BCUT2D eigenvalue weighted by Crippen LogP contribution is -2.51. The van der Waals surface area contributed by atoms with E-state index in [2.05, 4.69) is 28.1 Å². The van der Waals surface area contributed by atoms with Crippen LogP contribution in [0.1, 0.15) is 18.4 Å². The second-order valence-electron chi connectivity index (χ2n) is 5.52. The summed E-state index contributed by atoms with van der Waals surface area (Å²) < 4.78 is 5.07. The fourth-order valence-corrected chi connectivity index (χ4v) is 2.39. The van der Waals surface area contributed by atoms with Crippen LogP contribution in [-0.2, 0) is 16.0 Å². The van der Waals surface area contributed by atoms with Crippen LogP contribution in [0, 0.1) is 0 Å². The Labute approximate surface area is 137 Å². The molecule has 2 rings (SSSR count). The molecule has 0 aliphatic carbocycles. The number of nitrogens with one attached hydrogen (secondary N) is 2. The fraction of sp³-hybridized carbons (Fsp3) is 0.529. The van der Waals surface area contributed by atoms with Crippen molar-refractivity contribution in [3.05, 3.63) is 35.9 Å². The first kappa shape index (κ1) is 17.4. The second kappa shape index (κ2) is 9.97. The number of rotatable bonds is 8. The van der Waals surface area contributed by atoms with E-state index in [0.29, 0.717) is 19.7 Å². The van der Waals surface area contributed by atoms with Crippen LogP contribution in [0.5, 0.6) is 0 Å². The highest BCUT2D eigenvalue weighted by Gasteiger charge is 2.21. The van der Waals surface area contributed by atoms with Gasteiger partial charge in [0.25, 0.3) is 0 Å². The predicted molar refractivity (Wildman–Crippen MR) is 87.4 cm³/mol. The lowest BCUT2D eigenvalue weighted by molar-refractivity contribution is -0.120. The van der Waals surface area contributed by atoms with Crippen molar-refractivity contribution in [1.82, 2.24) is 16.0 Å². The van der Waals surface area contributed by atoms with Crippen LogP contribution >= 0.6 is 0 Å². The summed E-state index contributed by atoms with van der Waals surface area (Å²) in [6, 6.07) is 9.85. The molecular weight excluding hydrogens is 294 g/mol. The molecule has 1 unspecified atom stereocenters. The number of carbonyl (C=O) groups excluding carboxylic acids is 2. The molecule has 1 atom stereocenters. The van der Waals surface area contributed by atoms with Crippen molar-refractivity contribution >= 4 is 11.9 Å². The van der Waals surface area contributed by atoms with Gasteiger partial charge in [0.2, 0.25) is 0 Å². The number of hydrogen-bond donors (Lipinski definition) is 2. The van der Waals surface area contributed by atoms with E-state index in [0.717, 1.165) is 25.8 Å². The van der Waals surface area contributed by atoms with Crippen LogP contribution in [0.2, 0.25) is 0 Å². The highest BCUT2D eigenvalue weighted by molar-refractivity contribution is 5.88. The van der Waals surface area contributed by atoms with Gasteiger partial charge in [0.1, 0.15) is 0 Å². The van der Waals surface area contributed by atoms with E-state index >= 15 is 0 Å². The standard InChI is InChI=1S/C17H24N3O3/c21-16(15-12-18-9-10-19-15)13-20-17(22)23-11-5-4-8-14-6-2-1-3-7-14/h1-3,6-7,15,18H,4-5,8-13H2,(H,20,22). The number of alkyl carbamates (subject to hydrolysis) is 1. The van der Waals surface area contributed by atoms with Crippen LogP contribution in [0.15, 0.2) is 30.3 Å². The Balaban J connectivity index is 1.50. The molecule has 1 heterocycles. The first-order valence-electron chi connectivity index (χ1n) is 8.10. The molecule has 1 aliphatic rings. The fourth-order valence-electron chi connectivity index (χ4n) is 2.39. The Kier molecular flexibility index (Phi) is 7.56. The van der Waals surface area contributed by atoms with E-state index in [9.17, 15) is 9.59 Å². The Bertz CT molecular complexity index is 487. The summed E-state index contributed by atoms with van der Waals surface area (Å²) in [6.07, 6.45) is 2.20. The van der Waals surface area contributed by atoms with Crippen LogP contribution in [0.4, 0.5) is 4.79 Å². The molecule has 1 saturated heterocycles. The number of aryl methyl sites for hydroxylation is 1. The second-order valence-corrected chi connectivity index (χ2v) is 5.52. The molecule has 0 saturated carbocycles. The number of hydrogen-bond acceptors (Lipinski definition) is 4. The van der Waals surface area contributed by atoms with Crippen LogP contribution in [0.3, 0.4) is 0 Å². The number of ketones is 1. The van der Waals surface area contributed by atoms with Crippen molar-refractivity contribution in [2.45, 2.75) is 25.3 Å². The average Bonchev–Trinajstić information content (AvgIpc) is 2.61. The van der Waals surface area contributed by atoms with Crippen molar-refractivity contribution in [2.75, 3.05) is 32.8 Å². The number of carbonyl (C=O) groups is 2. The predicted octanol–water partition coefficient (Wildman–Crippen LogP) is 0.881. The monoisotopic (exact) mass is 318 g/mol. The van der Waals surface area contributed by atoms with Gasteiger partial charge in [-0.15, -0.1) is 0 Å². The molecule has 0 aromatic heterocycles. The van der Waals surface area contributed by atoms with Crippen LogP contribution in [0.25, 0.3) is 0 Å². The van der Waals surface area contributed by atoms with Gasteiger partial charge in [-0.3, -0.25) is 4.79 Å². The molecule has 1 fully saturated rings. The van der Waals surface area contributed by atoms with E-state index < -0.39 is 6.09 Å². The van der Waals surface area contributed by atoms with Crippen molar-refractivity contribution in [1.29, 1.82) is 0 Å². The van der Waals surface area contributed by atoms with Gasteiger partial charge in [-0.1, -0.05) is 30.3 Å². The average molecular weight is 318 g/mol. The third-order valence-corrected chi connectivity index (χ3v) is 3.69. The summed E-state index contributed by atoms with van der Waals surface area (Å²) in [5.74, 6) is -0.0850. The van der Waals surface area contributed by atoms with Gasteiger partial charge in [-0.2, -0.15) is 0 Å². The molecule has 6 heteroatoms. The Morgan fingerprint density at radius 1 is 1.26 bits per heavy atom. The van der Waals surface area contributed by atoms with Gasteiger partial charge in [-0.25, -0.2) is 10.1 Å². The summed E-state index contributed by atoms with van der Waals surface area (Å²) in [6.45, 7) is 2.33. The lowest BCUT2D eigenvalue weighted by Gasteiger charge is -2.21. The van der Waals surface area contributed by atoms with Gasteiger partial charge < -0.3 is 15.4 Å². The van der Waals surface area contributed by atoms with E-state index in [4.69, 9.17) is 4.74 Å². The number of ether oxygens (including phenoxy) is 1. The molecular formula is C17H24N3O3. The normalized spacial score (nSPS) is 17.5. The Morgan fingerprint density at radius 3 is 2.83 bits per heavy atom. The summed E-state index contributed by atoms with van der Waals surface area (Å²) in [4.78, 5) is 23.4. The van der Waals surface area contributed by atoms with Gasteiger partial charge in [-0.05, 0) is 24.8 Å². The number of amides is 1. The molecule has 0 spiro atoms. The number of Topliss-reactive ketones (excluding diaryl/α,β-unsaturated/α-hetero) is 1. The minimum Gasteiger partial charge on any atom is -0.450 e. The minimum atomic E-state index is -0.540. The zero-order valence-corrected chi connectivity index (χ0v) is 13.3. The highest BCUT2D eigenvalue weighted by atomic mass is 16.5. The van der Waals surface area contributed by atoms with E-state index in [-0.39, 0.29) is 18.4 Å². The van der Waals surface area contributed by atoms with E-state index in [1.54, 1.807) is 0 Å². The van der Waals surface area contributed by atoms with Crippen LogP contribution in [-0.4, -0.2) is 50.7 Å². The quantitative estimate of drug-likeness (QED) is 0.697. The van der Waals surface area contributed by atoms with Gasteiger partial charge >= 0.3 is 6.09 Å². The first-order chi connectivity index (χ1) is 11.3. The maximum atomic E-state index is 11.8. The molecule has 2 N–H and O–H groups in total. The molecule has 6 nitrogen and oxygen atoms in total. The van der Waals surface area contributed by atoms with E-state index in [1.165, 1.54) is 5.56 Å². The molecule has 1 radical (unpaired) electrons. The topological polar surface area (TPSA) is 81.5 Å². The van der Waals surface area contributed by atoms with Crippen molar-refractivity contribution < 1.29 is 14.3 Å². The molecule has 1 amide bonds. The molecule has 1 aliphatic heterocycles. The highest BCUT2D eigenvalue weighted by Crippen LogP contribution is 2.04. The minimum absolute atomic E-state index is 0.0291. The molecule has 125 valence electrons. The number of benzene rings is 1. The van der Waals surface area contributed by atoms with E-state index in [1.807, 2.05) is 18.2 Å². The zero-order valence-electron chi connectivity index (χ0n) is 13.3. The third-order valence-electron chi connectivity index (χ3n) is 3.69. The maximum Gasteiger partial charge on any atom is 0.407 e. The molecule has 1 aromatic carbocycles. The van der Waals surface area contributed by atoms with Crippen LogP contribution < -0.4 is 16.0 Å². The molecule has 1 aromatic rings. The lowest BCUT2D eigenvalue weighted by atomic mass is 10.1. The summed E-state index contributed by atoms with van der Waals surface area (Å²) >= 11 is 0. The first-order valence-corrected chi connectivity index (χ1v) is 8.10. The van der Waals surface area contributed by atoms with Crippen molar-refractivity contribution in [3.8, 4) is 0 Å². The number of nitrogens with zero attached hydrogens (tertiary/aromatic N) is 1. The summed E-state index contributed by atoms with van der Waals surface area (Å²) in [5, 5.41) is 9.81. The summed E-state index contributed by atoms with van der Waals surface area (Å²) in [5.41, 5.74) is 1.28. The maximum absolute atomic E-state index is 11.8. The smallest absolute Gasteiger partial charge is 0.407 e. The largest absolute Gasteiger partial charge is 0.450 e. The summed E-state index contributed by atoms with van der Waals surface area (Å²) in [7, 11) is 0. The SMILES string of the molecule is O=C(NCC(=O)C1CNCC[N]1)OCCCCc1ccccc1. The number of piperazine rings is 1. The van der Waals surface area contributed by atoms with Crippen molar-refractivity contribution in [2.24, 2.45) is 0 Å². The Morgan fingerprint density at radius 2 is 2.09 bits per heavy atom.